The van der Waals surface area contributed by atoms with Gasteiger partial charge in [0, 0.05) is 36.0 Å². The van der Waals surface area contributed by atoms with E-state index in [1.54, 1.807) is 19.1 Å². The SMILES string of the molecule is CC(CN)C(=O)NCCc1nc(-c2ccc(Cl)cc2)no1. The molecule has 1 aromatic carbocycles. The van der Waals surface area contributed by atoms with Crippen LogP contribution in [-0.2, 0) is 11.2 Å². The highest BCUT2D eigenvalue weighted by Gasteiger charge is 2.12. The second kappa shape index (κ2) is 7.19. The summed E-state index contributed by atoms with van der Waals surface area (Å²) in [4.78, 5) is 15.8. The quantitative estimate of drug-likeness (QED) is 0.846. The van der Waals surface area contributed by atoms with Crippen molar-refractivity contribution in [1.29, 1.82) is 0 Å². The van der Waals surface area contributed by atoms with E-state index in [1.807, 2.05) is 12.1 Å². The maximum atomic E-state index is 11.6. The minimum Gasteiger partial charge on any atom is -0.355 e. The van der Waals surface area contributed by atoms with Crippen molar-refractivity contribution in [2.75, 3.05) is 13.1 Å². The first-order valence-corrected chi connectivity index (χ1v) is 7.04. The third-order valence-electron chi connectivity index (χ3n) is 3.01. The van der Waals surface area contributed by atoms with E-state index in [0.717, 1.165) is 5.56 Å². The third-order valence-corrected chi connectivity index (χ3v) is 3.26. The van der Waals surface area contributed by atoms with Crippen LogP contribution in [0.5, 0.6) is 0 Å². The van der Waals surface area contributed by atoms with Gasteiger partial charge >= 0.3 is 0 Å². The lowest BCUT2D eigenvalue weighted by atomic mass is 10.2. The average Bonchev–Trinajstić information content (AvgIpc) is 2.95. The predicted molar refractivity (Wildman–Crippen MR) is 79.7 cm³/mol. The summed E-state index contributed by atoms with van der Waals surface area (Å²) in [6.45, 7) is 2.54. The van der Waals surface area contributed by atoms with Crippen LogP contribution in [-0.4, -0.2) is 29.1 Å². The molecule has 0 aliphatic rings. The largest absolute Gasteiger partial charge is 0.355 e. The molecule has 0 saturated heterocycles. The monoisotopic (exact) mass is 308 g/mol. The minimum atomic E-state index is -0.197. The zero-order valence-electron chi connectivity index (χ0n) is 11.7. The van der Waals surface area contributed by atoms with Crippen LogP contribution < -0.4 is 11.1 Å². The highest BCUT2D eigenvalue weighted by atomic mass is 35.5. The van der Waals surface area contributed by atoms with Crippen LogP contribution in [0.4, 0.5) is 0 Å². The van der Waals surface area contributed by atoms with E-state index in [0.29, 0.717) is 36.2 Å². The molecule has 21 heavy (non-hydrogen) atoms. The molecule has 0 aliphatic heterocycles. The first-order chi connectivity index (χ1) is 10.1. The Hall–Kier alpha value is -1.92. The highest BCUT2D eigenvalue weighted by Crippen LogP contribution is 2.18. The van der Waals surface area contributed by atoms with Crippen molar-refractivity contribution >= 4 is 17.5 Å². The standard InChI is InChI=1S/C14H17ClN4O2/c1-9(8-16)14(20)17-7-6-12-18-13(19-21-12)10-2-4-11(15)5-3-10/h2-5,9H,6-8,16H2,1H3,(H,17,20). The number of nitrogens with two attached hydrogens (primary N) is 1. The Morgan fingerprint density at radius 1 is 1.43 bits per heavy atom. The van der Waals surface area contributed by atoms with E-state index in [2.05, 4.69) is 15.5 Å². The number of hydrogen-bond donors (Lipinski definition) is 2. The van der Waals surface area contributed by atoms with Crippen LogP contribution in [0.25, 0.3) is 11.4 Å². The van der Waals surface area contributed by atoms with Gasteiger partial charge in [-0.1, -0.05) is 23.7 Å². The van der Waals surface area contributed by atoms with Gasteiger partial charge in [0.05, 0.1) is 0 Å². The van der Waals surface area contributed by atoms with Gasteiger partial charge in [0.25, 0.3) is 0 Å². The lowest BCUT2D eigenvalue weighted by Gasteiger charge is -2.08. The summed E-state index contributed by atoms with van der Waals surface area (Å²) in [5.41, 5.74) is 6.25. The Kier molecular flexibility index (Phi) is 5.30. The summed E-state index contributed by atoms with van der Waals surface area (Å²) in [5.74, 6) is 0.705. The molecule has 1 atom stereocenters. The van der Waals surface area contributed by atoms with Crippen molar-refractivity contribution in [3.63, 3.8) is 0 Å². The smallest absolute Gasteiger partial charge is 0.228 e. The fourth-order valence-corrected chi connectivity index (χ4v) is 1.77. The summed E-state index contributed by atoms with van der Waals surface area (Å²) in [5, 5.41) is 7.33. The minimum absolute atomic E-state index is 0.0741. The van der Waals surface area contributed by atoms with E-state index in [4.69, 9.17) is 21.9 Å². The molecule has 2 rings (SSSR count). The average molecular weight is 309 g/mol. The van der Waals surface area contributed by atoms with E-state index >= 15 is 0 Å². The molecule has 7 heteroatoms. The number of aromatic nitrogens is 2. The zero-order valence-corrected chi connectivity index (χ0v) is 12.4. The molecule has 0 radical (unpaired) electrons. The van der Waals surface area contributed by atoms with Gasteiger partial charge in [0.1, 0.15) is 0 Å². The molecule has 1 heterocycles. The zero-order chi connectivity index (χ0) is 15.2. The lowest BCUT2D eigenvalue weighted by molar-refractivity contribution is -0.124. The van der Waals surface area contributed by atoms with Gasteiger partial charge in [0.15, 0.2) is 0 Å². The number of benzene rings is 1. The Morgan fingerprint density at radius 2 is 2.14 bits per heavy atom. The summed E-state index contributed by atoms with van der Waals surface area (Å²) < 4.78 is 5.15. The van der Waals surface area contributed by atoms with Crippen molar-refractivity contribution in [2.45, 2.75) is 13.3 Å². The Labute approximate surface area is 127 Å². The molecule has 0 aliphatic carbocycles. The summed E-state index contributed by atoms with van der Waals surface area (Å²) in [7, 11) is 0. The van der Waals surface area contributed by atoms with E-state index in [9.17, 15) is 4.79 Å². The maximum absolute atomic E-state index is 11.6. The van der Waals surface area contributed by atoms with E-state index in [-0.39, 0.29) is 11.8 Å². The molecule has 0 spiro atoms. The molecule has 1 aromatic heterocycles. The van der Waals surface area contributed by atoms with E-state index < -0.39 is 0 Å². The van der Waals surface area contributed by atoms with Crippen molar-refractivity contribution in [3.05, 3.63) is 35.2 Å². The molecule has 0 fully saturated rings. The number of carbonyl (C=O) groups is 1. The summed E-state index contributed by atoms with van der Waals surface area (Å²) in [6.07, 6.45) is 0.476. The molecular weight excluding hydrogens is 292 g/mol. The van der Waals surface area contributed by atoms with Gasteiger partial charge in [-0.05, 0) is 24.3 Å². The van der Waals surface area contributed by atoms with Crippen LogP contribution in [0.15, 0.2) is 28.8 Å². The van der Waals surface area contributed by atoms with Crippen LogP contribution in [0.2, 0.25) is 5.02 Å². The highest BCUT2D eigenvalue weighted by molar-refractivity contribution is 6.30. The van der Waals surface area contributed by atoms with Gasteiger partial charge in [-0.3, -0.25) is 4.79 Å². The van der Waals surface area contributed by atoms with Gasteiger partial charge in [-0.2, -0.15) is 4.98 Å². The van der Waals surface area contributed by atoms with Crippen molar-refractivity contribution in [3.8, 4) is 11.4 Å². The first-order valence-electron chi connectivity index (χ1n) is 6.66. The molecule has 0 bridgehead atoms. The molecular formula is C14H17ClN4O2. The second-order valence-corrected chi connectivity index (χ2v) is 5.13. The normalized spacial score (nSPS) is 12.1. The van der Waals surface area contributed by atoms with Gasteiger partial charge in [0.2, 0.25) is 17.6 Å². The van der Waals surface area contributed by atoms with Crippen molar-refractivity contribution in [2.24, 2.45) is 11.7 Å². The molecule has 1 unspecified atom stereocenters. The molecule has 1 amide bonds. The maximum Gasteiger partial charge on any atom is 0.228 e. The number of carbonyl (C=O) groups excluding carboxylic acids is 1. The van der Waals surface area contributed by atoms with Crippen LogP contribution >= 0.6 is 11.6 Å². The van der Waals surface area contributed by atoms with Crippen molar-refractivity contribution < 1.29 is 9.32 Å². The fourth-order valence-electron chi connectivity index (χ4n) is 1.65. The molecule has 2 aromatic rings. The number of nitrogens with zero attached hydrogens (tertiary/aromatic N) is 2. The van der Waals surface area contributed by atoms with Crippen LogP contribution in [0.3, 0.4) is 0 Å². The number of halogens is 1. The third kappa shape index (κ3) is 4.27. The molecule has 0 saturated carbocycles. The van der Waals surface area contributed by atoms with Gasteiger partial charge < -0.3 is 15.6 Å². The summed E-state index contributed by atoms with van der Waals surface area (Å²) in [6, 6.07) is 7.17. The van der Waals surface area contributed by atoms with Crippen LogP contribution in [0, 0.1) is 5.92 Å². The Bertz CT molecular complexity index is 597. The van der Waals surface area contributed by atoms with Crippen LogP contribution in [0.1, 0.15) is 12.8 Å². The van der Waals surface area contributed by atoms with E-state index in [1.165, 1.54) is 0 Å². The predicted octanol–water partition coefficient (Wildman–Crippen LogP) is 1.64. The Morgan fingerprint density at radius 3 is 2.81 bits per heavy atom. The molecule has 6 nitrogen and oxygen atoms in total. The topological polar surface area (TPSA) is 94.0 Å². The Balaban J connectivity index is 1.89. The van der Waals surface area contributed by atoms with Gasteiger partial charge in [-0.15, -0.1) is 0 Å². The second-order valence-electron chi connectivity index (χ2n) is 4.70. The lowest BCUT2D eigenvalue weighted by Crippen LogP contribution is -2.34. The number of rotatable bonds is 6. The first kappa shape index (κ1) is 15.5. The molecule has 112 valence electrons. The number of amides is 1. The fraction of sp³-hybridized carbons (Fsp3) is 0.357. The van der Waals surface area contributed by atoms with Crippen molar-refractivity contribution in [1.82, 2.24) is 15.5 Å². The summed E-state index contributed by atoms with van der Waals surface area (Å²) >= 11 is 5.83. The molecule has 3 N–H and O–H groups in total. The number of nitrogens with one attached hydrogen (secondary N) is 1. The van der Waals surface area contributed by atoms with Gasteiger partial charge in [-0.25, -0.2) is 0 Å². The number of hydrogen-bond acceptors (Lipinski definition) is 5.